The van der Waals surface area contributed by atoms with E-state index in [1.54, 1.807) is 6.92 Å². The van der Waals surface area contributed by atoms with Gasteiger partial charge in [0.15, 0.2) is 0 Å². The highest BCUT2D eigenvalue weighted by Gasteiger charge is 2.12. The molecule has 0 unspecified atom stereocenters. The molecule has 3 N–H and O–H groups in total. The predicted molar refractivity (Wildman–Crippen MR) is 45.4 cm³/mol. The van der Waals surface area contributed by atoms with E-state index >= 15 is 0 Å². The van der Waals surface area contributed by atoms with E-state index in [0.717, 1.165) is 11.3 Å². The molecule has 1 heterocycles. The van der Waals surface area contributed by atoms with Crippen molar-refractivity contribution in [1.29, 1.82) is 5.41 Å². The molecule has 4 heteroatoms. The minimum absolute atomic E-state index is 0.497. The summed E-state index contributed by atoms with van der Waals surface area (Å²) in [5.74, 6) is 0. The summed E-state index contributed by atoms with van der Waals surface area (Å²) >= 11 is 0. The molecular formula is C8H14N2O2. The van der Waals surface area contributed by atoms with Crippen molar-refractivity contribution < 1.29 is 9.94 Å². The first-order valence-electron chi connectivity index (χ1n) is 4.01. The molecule has 0 aromatic rings. The molecule has 0 radical (unpaired) electrons. The van der Waals surface area contributed by atoms with Crippen LogP contribution in [0.15, 0.2) is 11.3 Å². The molecule has 0 bridgehead atoms. The monoisotopic (exact) mass is 170 g/mol. The summed E-state index contributed by atoms with van der Waals surface area (Å²) in [4.78, 5) is 0. The summed E-state index contributed by atoms with van der Waals surface area (Å²) in [7, 11) is 0. The Kier molecular flexibility index (Phi) is 3.25. The van der Waals surface area contributed by atoms with E-state index in [-0.39, 0.29) is 0 Å². The van der Waals surface area contributed by atoms with E-state index in [9.17, 15) is 0 Å². The Morgan fingerprint density at radius 2 is 2.17 bits per heavy atom. The zero-order valence-electron chi connectivity index (χ0n) is 7.18. The van der Waals surface area contributed by atoms with E-state index in [2.05, 4.69) is 5.48 Å². The zero-order chi connectivity index (χ0) is 8.97. The van der Waals surface area contributed by atoms with Crippen LogP contribution in [0.4, 0.5) is 0 Å². The summed E-state index contributed by atoms with van der Waals surface area (Å²) in [5.41, 5.74) is 4.22. The van der Waals surface area contributed by atoms with Crippen molar-refractivity contribution in [2.75, 3.05) is 13.2 Å². The van der Waals surface area contributed by atoms with Gasteiger partial charge in [-0.15, -0.1) is 0 Å². The average Bonchev–Trinajstić information content (AvgIpc) is 2.27. The van der Waals surface area contributed by atoms with Gasteiger partial charge in [-0.05, 0) is 18.9 Å². The number of rotatable bonds is 2. The van der Waals surface area contributed by atoms with Gasteiger partial charge in [-0.25, -0.2) is 0 Å². The van der Waals surface area contributed by atoms with Gasteiger partial charge in [0.25, 0.3) is 0 Å². The molecule has 0 amide bonds. The van der Waals surface area contributed by atoms with E-state index in [1.165, 1.54) is 0 Å². The van der Waals surface area contributed by atoms with E-state index in [1.807, 2.05) is 0 Å². The number of hydrogen-bond donors (Lipinski definition) is 3. The van der Waals surface area contributed by atoms with Crippen LogP contribution in [0.2, 0.25) is 0 Å². The highest BCUT2D eigenvalue weighted by molar-refractivity contribution is 5.96. The lowest BCUT2D eigenvalue weighted by atomic mass is 10.1. The number of ether oxygens (including phenoxy) is 1. The largest absolute Gasteiger partial charge is 0.381 e. The molecule has 0 aromatic carbocycles. The summed E-state index contributed by atoms with van der Waals surface area (Å²) in [6.07, 6.45) is 1.36. The Labute approximate surface area is 71.7 Å². The molecule has 1 rings (SSSR count). The van der Waals surface area contributed by atoms with Gasteiger partial charge >= 0.3 is 0 Å². The number of nitrogens with one attached hydrogen (secondary N) is 2. The molecule has 0 aromatic heterocycles. The Hall–Kier alpha value is -0.870. The first-order valence-corrected chi connectivity index (χ1v) is 4.01. The van der Waals surface area contributed by atoms with Crippen LogP contribution in [0.1, 0.15) is 19.8 Å². The Morgan fingerprint density at radius 1 is 1.50 bits per heavy atom. The third-order valence-electron chi connectivity index (χ3n) is 1.94. The van der Waals surface area contributed by atoms with Crippen LogP contribution in [0, 0.1) is 5.41 Å². The molecule has 0 aliphatic carbocycles. The zero-order valence-corrected chi connectivity index (χ0v) is 7.18. The Balaban J connectivity index is 2.81. The van der Waals surface area contributed by atoms with Crippen molar-refractivity contribution in [1.82, 2.24) is 5.48 Å². The lowest BCUT2D eigenvalue weighted by Gasteiger charge is -2.08. The van der Waals surface area contributed by atoms with Crippen LogP contribution in [0.25, 0.3) is 0 Å². The molecule has 0 spiro atoms. The van der Waals surface area contributed by atoms with Gasteiger partial charge < -0.3 is 10.1 Å². The molecular weight excluding hydrogens is 156 g/mol. The smallest absolute Gasteiger partial charge is 0.0521 e. The molecule has 0 fully saturated rings. The van der Waals surface area contributed by atoms with Crippen LogP contribution >= 0.6 is 0 Å². The SMILES string of the molecule is CC(=N)C1=C(NO)CCOCC1. The molecule has 0 saturated heterocycles. The van der Waals surface area contributed by atoms with Gasteiger partial charge in [0, 0.05) is 17.8 Å². The second-order valence-electron chi connectivity index (χ2n) is 2.81. The van der Waals surface area contributed by atoms with Gasteiger partial charge in [0.05, 0.1) is 13.2 Å². The van der Waals surface area contributed by atoms with Crippen LogP contribution in [-0.4, -0.2) is 24.1 Å². The topological polar surface area (TPSA) is 65.3 Å². The minimum atomic E-state index is 0.497. The van der Waals surface area contributed by atoms with Gasteiger partial charge in [0.2, 0.25) is 0 Å². The quantitative estimate of drug-likeness (QED) is 0.429. The van der Waals surface area contributed by atoms with Crippen molar-refractivity contribution in [2.24, 2.45) is 0 Å². The van der Waals surface area contributed by atoms with Crippen LogP contribution in [0.5, 0.6) is 0 Å². The van der Waals surface area contributed by atoms with Crippen molar-refractivity contribution in [3.05, 3.63) is 11.3 Å². The van der Waals surface area contributed by atoms with Crippen LogP contribution in [-0.2, 0) is 4.74 Å². The second-order valence-corrected chi connectivity index (χ2v) is 2.81. The molecule has 1 aliphatic rings. The first-order chi connectivity index (χ1) is 5.75. The van der Waals surface area contributed by atoms with Crippen LogP contribution < -0.4 is 5.48 Å². The Morgan fingerprint density at radius 3 is 2.75 bits per heavy atom. The van der Waals surface area contributed by atoms with Gasteiger partial charge in [-0.2, -0.15) is 0 Å². The fourth-order valence-corrected chi connectivity index (χ4v) is 1.29. The maximum atomic E-state index is 8.78. The van der Waals surface area contributed by atoms with E-state index in [0.29, 0.717) is 31.8 Å². The van der Waals surface area contributed by atoms with Crippen molar-refractivity contribution in [3.8, 4) is 0 Å². The second kappa shape index (κ2) is 4.23. The highest BCUT2D eigenvalue weighted by Crippen LogP contribution is 2.15. The van der Waals surface area contributed by atoms with Gasteiger partial charge in [0.1, 0.15) is 0 Å². The van der Waals surface area contributed by atoms with Crippen molar-refractivity contribution >= 4 is 5.71 Å². The maximum absolute atomic E-state index is 8.78. The minimum Gasteiger partial charge on any atom is -0.381 e. The lowest BCUT2D eigenvalue weighted by molar-refractivity contribution is 0.138. The summed E-state index contributed by atoms with van der Waals surface area (Å²) in [6.45, 7) is 2.97. The summed E-state index contributed by atoms with van der Waals surface area (Å²) < 4.78 is 5.22. The summed E-state index contributed by atoms with van der Waals surface area (Å²) in [5, 5.41) is 16.2. The molecule has 12 heavy (non-hydrogen) atoms. The van der Waals surface area contributed by atoms with Crippen LogP contribution in [0.3, 0.4) is 0 Å². The molecule has 1 aliphatic heterocycles. The highest BCUT2D eigenvalue weighted by atomic mass is 16.5. The third kappa shape index (κ3) is 2.06. The summed E-state index contributed by atoms with van der Waals surface area (Å²) in [6, 6.07) is 0. The van der Waals surface area contributed by atoms with E-state index in [4.69, 9.17) is 15.4 Å². The molecule has 0 atom stereocenters. The van der Waals surface area contributed by atoms with Gasteiger partial charge in [-0.1, -0.05) is 0 Å². The fourth-order valence-electron chi connectivity index (χ4n) is 1.29. The fraction of sp³-hybridized carbons (Fsp3) is 0.625. The molecule has 4 nitrogen and oxygen atoms in total. The molecule has 0 saturated carbocycles. The van der Waals surface area contributed by atoms with E-state index < -0.39 is 0 Å². The molecule has 68 valence electrons. The predicted octanol–water partition coefficient (Wildman–Crippen LogP) is 1.07. The standard InChI is InChI=1S/C8H14N2O2/c1-6(9)7-2-4-12-5-3-8(7)10-11/h9-11H,2-5H2,1H3. The van der Waals surface area contributed by atoms with Gasteiger partial charge in [-0.3, -0.25) is 10.7 Å². The van der Waals surface area contributed by atoms with Crippen molar-refractivity contribution in [2.45, 2.75) is 19.8 Å². The number of hydroxylamine groups is 1. The third-order valence-corrected chi connectivity index (χ3v) is 1.94. The first kappa shape index (κ1) is 9.22. The maximum Gasteiger partial charge on any atom is 0.0521 e. The van der Waals surface area contributed by atoms with Crippen molar-refractivity contribution in [3.63, 3.8) is 0 Å². The average molecular weight is 170 g/mol. The normalized spacial score (nSPS) is 18.8. The lowest BCUT2D eigenvalue weighted by Crippen LogP contribution is -2.13. The Bertz CT molecular complexity index is 211. The number of hydrogen-bond acceptors (Lipinski definition) is 4.